The fraction of sp³-hybridized carbons (Fsp3) is 0.480. The molecule has 0 saturated carbocycles. The van der Waals surface area contributed by atoms with Crippen LogP contribution in [0.2, 0.25) is 0 Å². The van der Waals surface area contributed by atoms with Gasteiger partial charge in [0.2, 0.25) is 0 Å². The summed E-state index contributed by atoms with van der Waals surface area (Å²) < 4.78 is 5.81. The summed E-state index contributed by atoms with van der Waals surface area (Å²) in [5.41, 5.74) is 3.47. The molecule has 2 rings (SSSR count). The van der Waals surface area contributed by atoms with E-state index in [1.54, 1.807) is 0 Å². The highest BCUT2D eigenvalue weighted by molar-refractivity contribution is 5.59. The SMILES string of the molecule is C.CC.CC.Cc1cc(N(C)C)ccc1CC1=C(C#N)C(=C(C#N)C#N)OC1(C)C. The zero-order valence-electron chi connectivity index (χ0n) is 19.1. The third-order valence-corrected chi connectivity index (χ3v) is 4.39. The van der Waals surface area contributed by atoms with E-state index < -0.39 is 5.60 Å². The van der Waals surface area contributed by atoms with Gasteiger partial charge in [0.15, 0.2) is 11.3 Å². The molecule has 0 spiro atoms. The second kappa shape index (κ2) is 13.1. The monoisotopic (exact) mass is 408 g/mol. The van der Waals surface area contributed by atoms with Crippen LogP contribution in [0.5, 0.6) is 0 Å². The molecule has 0 fully saturated rings. The lowest BCUT2D eigenvalue weighted by Crippen LogP contribution is -2.23. The summed E-state index contributed by atoms with van der Waals surface area (Å²) in [6, 6.07) is 11.9. The maximum absolute atomic E-state index is 9.60. The molecule has 5 nitrogen and oxygen atoms in total. The Bertz CT molecular complexity index is 885. The first-order chi connectivity index (χ1) is 13.7. The molecule has 0 radical (unpaired) electrons. The number of hydrogen-bond acceptors (Lipinski definition) is 5. The second-order valence-electron chi connectivity index (χ2n) is 6.69. The van der Waals surface area contributed by atoms with Crippen molar-refractivity contribution in [3.63, 3.8) is 0 Å². The van der Waals surface area contributed by atoms with E-state index in [-0.39, 0.29) is 18.8 Å². The predicted octanol–water partition coefficient (Wildman–Crippen LogP) is 6.22. The molecule has 5 heteroatoms. The minimum absolute atomic E-state index is 0. The Morgan fingerprint density at radius 2 is 1.57 bits per heavy atom. The quantitative estimate of drug-likeness (QED) is 0.554. The topological polar surface area (TPSA) is 83.8 Å². The van der Waals surface area contributed by atoms with Crippen LogP contribution in [0.4, 0.5) is 5.69 Å². The molecule has 1 aromatic rings. The van der Waals surface area contributed by atoms with Gasteiger partial charge in [-0.15, -0.1) is 0 Å². The van der Waals surface area contributed by atoms with E-state index in [4.69, 9.17) is 15.3 Å². The smallest absolute Gasteiger partial charge is 0.172 e. The molecule has 0 saturated heterocycles. The van der Waals surface area contributed by atoms with Crippen molar-refractivity contribution in [1.82, 2.24) is 0 Å². The Balaban J connectivity index is 0. The van der Waals surface area contributed by atoms with Crippen molar-refractivity contribution >= 4 is 5.69 Å². The Labute approximate surface area is 183 Å². The van der Waals surface area contributed by atoms with E-state index in [0.717, 1.165) is 22.4 Å². The van der Waals surface area contributed by atoms with Crippen molar-refractivity contribution in [3.05, 3.63) is 51.8 Å². The third kappa shape index (κ3) is 6.40. The van der Waals surface area contributed by atoms with Crippen molar-refractivity contribution in [2.75, 3.05) is 19.0 Å². The molecule has 30 heavy (non-hydrogen) atoms. The van der Waals surface area contributed by atoms with Crippen LogP contribution in [0.1, 0.15) is 60.1 Å². The molecule has 0 unspecified atom stereocenters. The Hall–Kier alpha value is -3.23. The number of hydrogen-bond donors (Lipinski definition) is 0. The molecular formula is C25H36N4O. The fourth-order valence-corrected chi connectivity index (χ4v) is 2.87. The summed E-state index contributed by atoms with van der Waals surface area (Å²) >= 11 is 0. The van der Waals surface area contributed by atoms with Gasteiger partial charge in [-0.2, -0.15) is 15.8 Å². The van der Waals surface area contributed by atoms with Gasteiger partial charge in [0.05, 0.1) is 5.57 Å². The number of benzene rings is 1. The van der Waals surface area contributed by atoms with Crippen molar-refractivity contribution in [2.24, 2.45) is 0 Å². The van der Waals surface area contributed by atoms with E-state index >= 15 is 0 Å². The third-order valence-electron chi connectivity index (χ3n) is 4.39. The molecule has 0 amide bonds. The van der Waals surface area contributed by atoms with E-state index in [1.807, 2.05) is 91.7 Å². The van der Waals surface area contributed by atoms with Gasteiger partial charge in [-0.3, -0.25) is 0 Å². The van der Waals surface area contributed by atoms with Gasteiger partial charge < -0.3 is 9.64 Å². The van der Waals surface area contributed by atoms with Gasteiger partial charge in [0.25, 0.3) is 0 Å². The Morgan fingerprint density at radius 3 is 1.97 bits per heavy atom. The van der Waals surface area contributed by atoms with Crippen LogP contribution in [0.3, 0.4) is 0 Å². The average Bonchev–Trinajstić information content (AvgIpc) is 2.97. The van der Waals surface area contributed by atoms with Gasteiger partial charge in [-0.25, -0.2) is 0 Å². The summed E-state index contributed by atoms with van der Waals surface area (Å²) in [5, 5.41) is 27.8. The molecule has 0 aromatic heterocycles. The van der Waals surface area contributed by atoms with Crippen LogP contribution in [0.15, 0.2) is 40.7 Å². The van der Waals surface area contributed by atoms with Gasteiger partial charge in [0, 0.05) is 19.8 Å². The van der Waals surface area contributed by atoms with E-state index in [0.29, 0.717) is 12.0 Å². The lowest BCUT2D eigenvalue weighted by Gasteiger charge is -2.23. The summed E-state index contributed by atoms with van der Waals surface area (Å²) in [6.45, 7) is 13.7. The molecular weight excluding hydrogens is 372 g/mol. The fourth-order valence-electron chi connectivity index (χ4n) is 2.87. The number of allylic oxidation sites excluding steroid dienone is 2. The lowest BCUT2D eigenvalue weighted by molar-refractivity contribution is 0.0910. The highest BCUT2D eigenvalue weighted by Crippen LogP contribution is 2.41. The first-order valence-electron chi connectivity index (χ1n) is 9.89. The summed E-state index contributed by atoms with van der Waals surface area (Å²) in [5.74, 6) is 0.0927. The average molecular weight is 409 g/mol. The van der Waals surface area contributed by atoms with Crippen LogP contribution in [0.25, 0.3) is 0 Å². The molecule has 0 aliphatic carbocycles. The standard InChI is InChI=1S/C20H20N4O.2C2H6.CH4/c1-13-8-16(24(4)5)7-6-14(13)9-18-17(12-23)19(15(10-21)11-22)25-20(18,2)3;2*1-2;/h6-8H,9H2,1-5H3;2*1-2H3;1H4. The summed E-state index contributed by atoms with van der Waals surface area (Å²) in [6.07, 6.45) is 0.531. The molecule has 1 aromatic carbocycles. The van der Waals surface area contributed by atoms with Crippen molar-refractivity contribution < 1.29 is 4.74 Å². The maximum atomic E-state index is 9.60. The van der Waals surface area contributed by atoms with Crippen LogP contribution >= 0.6 is 0 Å². The predicted molar refractivity (Wildman–Crippen MR) is 125 cm³/mol. The summed E-state index contributed by atoms with van der Waals surface area (Å²) in [7, 11) is 3.97. The number of rotatable bonds is 3. The van der Waals surface area contributed by atoms with Crippen LogP contribution in [0, 0.1) is 40.9 Å². The number of anilines is 1. The van der Waals surface area contributed by atoms with Gasteiger partial charge in [-0.05, 0) is 56.0 Å². The van der Waals surface area contributed by atoms with Crippen molar-refractivity contribution in [2.45, 2.75) is 67.9 Å². The molecule has 1 heterocycles. The van der Waals surface area contributed by atoms with Gasteiger partial charge >= 0.3 is 0 Å². The number of ether oxygens (including phenoxy) is 1. The van der Waals surface area contributed by atoms with Crippen molar-refractivity contribution in [3.8, 4) is 18.2 Å². The van der Waals surface area contributed by atoms with E-state index in [2.05, 4.69) is 12.1 Å². The molecule has 0 bridgehead atoms. The molecule has 162 valence electrons. The Kier molecular flexibility index (Phi) is 12.6. The maximum Gasteiger partial charge on any atom is 0.172 e. The van der Waals surface area contributed by atoms with E-state index in [9.17, 15) is 5.26 Å². The van der Waals surface area contributed by atoms with E-state index in [1.165, 1.54) is 0 Å². The Morgan fingerprint density at radius 1 is 1.03 bits per heavy atom. The molecule has 0 atom stereocenters. The van der Waals surface area contributed by atoms with Crippen LogP contribution < -0.4 is 4.90 Å². The molecule has 1 aliphatic rings. The zero-order valence-corrected chi connectivity index (χ0v) is 19.1. The highest BCUT2D eigenvalue weighted by Gasteiger charge is 2.39. The number of nitrogens with zero attached hydrogens (tertiary/aromatic N) is 4. The minimum Gasteiger partial charge on any atom is -0.480 e. The zero-order chi connectivity index (χ0) is 22.8. The van der Waals surface area contributed by atoms with Crippen molar-refractivity contribution in [1.29, 1.82) is 15.8 Å². The second-order valence-corrected chi connectivity index (χ2v) is 6.69. The first kappa shape index (κ1) is 29.0. The van der Waals surface area contributed by atoms with Crippen LogP contribution in [-0.2, 0) is 11.2 Å². The van der Waals surface area contributed by atoms with Gasteiger partial charge in [0.1, 0.15) is 23.8 Å². The molecule has 1 aliphatic heterocycles. The lowest BCUT2D eigenvalue weighted by atomic mass is 9.88. The first-order valence-corrected chi connectivity index (χ1v) is 9.89. The number of aryl methyl sites for hydroxylation is 1. The highest BCUT2D eigenvalue weighted by atomic mass is 16.5. The summed E-state index contributed by atoms with van der Waals surface area (Å²) in [4.78, 5) is 2.03. The largest absolute Gasteiger partial charge is 0.480 e. The normalized spacial score (nSPS) is 12.9. The number of nitriles is 3. The van der Waals surface area contributed by atoms with Gasteiger partial charge in [-0.1, -0.05) is 41.2 Å². The minimum atomic E-state index is -0.744. The van der Waals surface area contributed by atoms with Crippen LogP contribution in [-0.4, -0.2) is 19.7 Å². The molecule has 0 N–H and O–H groups in total.